The van der Waals surface area contributed by atoms with Gasteiger partial charge in [-0.05, 0) is 53.3 Å². The molecule has 1 aromatic rings. The van der Waals surface area contributed by atoms with E-state index in [9.17, 15) is 9.90 Å². The van der Waals surface area contributed by atoms with Crippen LogP contribution < -0.4 is 0 Å². The summed E-state index contributed by atoms with van der Waals surface area (Å²) in [5, 5.41) is 9.34. The largest absolute Gasteiger partial charge is 0.391 e. The Hall–Kier alpha value is -0.620. The summed E-state index contributed by atoms with van der Waals surface area (Å²) in [6.07, 6.45) is 0.341. The first-order chi connectivity index (χ1) is 7.16. The molecule has 0 aromatic heterocycles. The monoisotopic (exact) mass is 317 g/mol. The topological polar surface area (TPSA) is 40.5 Å². The van der Waals surface area contributed by atoms with Gasteiger partial charge in [-0.15, -0.1) is 0 Å². The van der Waals surface area contributed by atoms with Gasteiger partial charge in [-0.2, -0.15) is 0 Å². The quantitative estimate of drug-likeness (QED) is 0.798. The highest BCUT2D eigenvalue weighted by Gasteiger charge is 2.25. The van der Waals surface area contributed by atoms with Crippen molar-refractivity contribution in [2.24, 2.45) is 0 Å². The molecule has 1 fully saturated rings. The summed E-state index contributed by atoms with van der Waals surface area (Å²) in [5.41, 5.74) is 0.699. The minimum atomic E-state index is -0.349. The van der Waals surface area contributed by atoms with Gasteiger partial charge in [0.2, 0.25) is 0 Å². The maximum absolute atomic E-state index is 11.9. The molecule has 1 amide bonds. The third-order valence-electron chi connectivity index (χ3n) is 2.54. The zero-order valence-electron chi connectivity index (χ0n) is 8.19. The number of hydrogen-bond donors (Lipinski definition) is 1. The van der Waals surface area contributed by atoms with E-state index in [1.165, 1.54) is 0 Å². The lowest BCUT2D eigenvalue weighted by Crippen LogP contribution is -2.29. The summed E-state index contributed by atoms with van der Waals surface area (Å²) in [4.78, 5) is 13.6. The molecule has 4 heteroatoms. The van der Waals surface area contributed by atoms with Crippen LogP contribution >= 0.6 is 22.6 Å². The summed E-state index contributed by atoms with van der Waals surface area (Å²) in [6, 6.07) is 7.49. The van der Waals surface area contributed by atoms with E-state index < -0.39 is 0 Å². The van der Waals surface area contributed by atoms with E-state index in [4.69, 9.17) is 0 Å². The zero-order chi connectivity index (χ0) is 10.8. The molecule has 0 radical (unpaired) electrons. The molecule has 0 unspecified atom stereocenters. The third-order valence-corrected chi connectivity index (χ3v) is 3.26. The molecule has 0 saturated carbocycles. The fourth-order valence-corrected chi connectivity index (χ4v) is 2.06. The van der Waals surface area contributed by atoms with Crippen molar-refractivity contribution >= 4 is 28.5 Å². The van der Waals surface area contributed by atoms with Gasteiger partial charge >= 0.3 is 0 Å². The molecular weight excluding hydrogens is 305 g/mol. The number of β-amino-alcohol motifs (C(OH)–C–C–N with tert-alkyl or cyclic N) is 1. The predicted molar refractivity (Wildman–Crippen MR) is 65.7 cm³/mol. The number of halogens is 1. The molecule has 1 atom stereocenters. The third kappa shape index (κ3) is 2.49. The van der Waals surface area contributed by atoms with E-state index in [0.717, 1.165) is 3.57 Å². The van der Waals surface area contributed by atoms with Crippen LogP contribution in [0.5, 0.6) is 0 Å². The zero-order valence-corrected chi connectivity index (χ0v) is 10.3. The van der Waals surface area contributed by atoms with Gasteiger partial charge in [-0.3, -0.25) is 4.79 Å². The second-order valence-corrected chi connectivity index (χ2v) is 4.95. The number of hydrogen-bond acceptors (Lipinski definition) is 2. The van der Waals surface area contributed by atoms with E-state index in [1.807, 2.05) is 24.3 Å². The molecule has 1 aliphatic rings. The number of nitrogens with zero attached hydrogens (tertiary/aromatic N) is 1. The minimum Gasteiger partial charge on any atom is -0.391 e. The van der Waals surface area contributed by atoms with Crippen molar-refractivity contribution in [3.63, 3.8) is 0 Å². The molecule has 1 N–H and O–H groups in total. The number of aliphatic hydroxyl groups is 1. The molecule has 1 saturated heterocycles. The molecule has 80 valence electrons. The highest BCUT2D eigenvalue weighted by Crippen LogP contribution is 2.14. The van der Waals surface area contributed by atoms with Crippen LogP contribution in [-0.2, 0) is 0 Å². The van der Waals surface area contributed by atoms with Crippen molar-refractivity contribution in [2.75, 3.05) is 13.1 Å². The smallest absolute Gasteiger partial charge is 0.253 e. The van der Waals surface area contributed by atoms with Crippen LogP contribution in [0.4, 0.5) is 0 Å². The number of benzene rings is 1. The number of aliphatic hydroxyl groups excluding tert-OH is 1. The lowest BCUT2D eigenvalue weighted by atomic mass is 10.2. The van der Waals surface area contributed by atoms with E-state index in [2.05, 4.69) is 22.6 Å². The summed E-state index contributed by atoms with van der Waals surface area (Å²) in [6.45, 7) is 1.12. The molecule has 1 heterocycles. The standard InChI is InChI=1S/C11H12INO2/c12-9-3-1-8(2-4-9)11(15)13-6-5-10(14)7-13/h1-4,10,14H,5-7H2/t10-/m0/s1. The minimum absolute atomic E-state index is 0.0166. The van der Waals surface area contributed by atoms with Crippen LogP contribution in [0.1, 0.15) is 16.8 Å². The van der Waals surface area contributed by atoms with Crippen molar-refractivity contribution in [3.05, 3.63) is 33.4 Å². The molecular formula is C11H12INO2. The Morgan fingerprint density at radius 1 is 1.40 bits per heavy atom. The Morgan fingerprint density at radius 2 is 2.07 bits per heavy atom. The lowest BCUT2D eigenvalue weighted by molar-refractivity contribution is 0.0765. The van der Waals surface area contributed by atoms with Crippen molar-refractivity contribution in [1.82, 2.24) is 4.90 Å². The first kappa shape index (κ1) is 10.9. The van der Waals surface area contributed by atoms with E-state index in [1.54, 1.807) is 4.90 Å². The fourth-order valence-electron chi connectivity index (χ4n) is 1.70. The van der Waals surface area contributed by atoms with Crippen molar-refractivity contribution in [3.8, 4) is 0 Å². The van der Waals surface area contributed by atoms with Crippen molar-refractivity contribution < 1.29 is 9.90 Å². The molecule has 3 nitrogen and oxygen atoms in total. The van der Waals surface area contributed by atoms with Gasteiger partial charge < -0.3 is 10.0 Å². The van der Waals surface area contributed by atoms with Crippen LogP contribution in [0.3, 0.4) is 0 Å². The van der Waals surface area contributed by atoms with Gasteiger partial charge in [0.15, 0.2) is 0 Å². The van der Waals surface area contributed by atoms with Gasteiger partial charge in [0, 0.05) is 22.2 Å². The van der Waals surface area contributed by atoms with E-state index in [0.29, 0.717) is 25.1 Å². The first-order valence-corrected chi connectivity index (χ1v) is 5.97. The van der Waals surface area contributed by atoms with Gasteiger partial charge in [-0.1, -0.05) is 0 Å². The molecule has 0 aliphatic carbocycles. The van der Waals surface area contributed by atoms with Crippen molar-refractivity contribution in [1.29, 1.82) is 0 Å². The van der Waals surface area contributed by atoms with E-state index in [-0.39, 0.29) is 12.0 Å². The molecule has 0 spiro atoms. The second kappa shape index (κ2) is 4.49. The Morgan fingerprint density at radius 3 is 2.60 bits per heavy atom. The Labute approximate surface area is 102 Å². The summed E-state index contributed by atoms with van der Waals surface area (Å²) in [7, 11) is 0. The van der Waals surface area contributed by atoms with Crippen LogP contribution in [-0.4, -0.2) is 35.1 Å². The van der Waals surface area contributed by atoms with Gasteiger partial charge in [0.05, 0.1) is 6.10 Å². The second-order valence-electron chi connectivity index (χ2n) is 3.70. The summed E-state index contributed by atoms with van der Waals surface area (Å²) < 4.78 is 1.12. The Bertz CT molecular complexity index is 363. The van der Waals surface area contributed by atoms with Crippen LogP contribution in [0.25, 0.3) is 0 Å². The predicted octanol–water partition coefficient (Wildman–Crippen LogP) is 1.50. The Balaban J connectivity index is 2.11. The highest BCUT2D eigenvalue weighted by atomic mass is 127. The maximum Gasteiger partial charge on any atom is 0.253 e. The average molecular weight is 317 g/mol. The molecule has 2 rings (SSSR count). The first-order valence-electron chi connectivity index (χ1n) is 4.90. The van der Waals surface area contributed by atoms with Crippen molar-refractivity contribution in [2.45, 2.75) is 12.5 Å². The van der Waals surface area contributed by atoms with Gasteiger partial charge in [0.25, 0.3) is 5.91 Å². The lowest BCUT2D eigenvalue weighted by Gasteiger charge is -2.15. The number of carbonyl (C=O) groups excluding carboxylic acids is 1. The van der Waals surface area contributed by atoms with Gasteiger partial charge in [-0.25, -0.2) is 0 Å². The van der Waals surface area contributed by atoms with Crippen LogP contribution in [0.15, 0.2) is 24.3 Å². The van der Waals surface area contributed by atoms with E-state index >= 15 is 0 Å². The SMILES string of the molecule is O=C(c1ccc(I)cc1)N1CC[C@H](O)C1. The Kier molecular flexibility index (Phi) is 3.25. The van der Waals surface area contributed by atoms with Crippen LogP contribution in [0.2, 0.25) is 0 Å². The molecule has 0 bridgehead atoms. The molecule has 1 aliphatic heterocycles. The number of amides is 1. The normalized spacial score (nSPS) is 20.7. The number of likely N-dealkylation sites (tertiary alicyclic amines) is 1. The van der Waals surface area contributed by atoms with Gasteiger partial charge in [0.1, 0.15) is 0 Å². The average Bonchev–Trinajstić information content (AvgIpc) is 2.65. The maximum atomic E-state index is 11.9. The highest BCUT2D eigenvalue weighted by molar-refractivity contribution is 14.1. The van der Waals surface area contributed by atoms with Crippen LogP contribution in [0, 0.1) is 3.57 Å². The summed E-state index contributed by atoms with van der Waals surface area (Å²) >= 11 is 2.21. The summed E-state index contributed by atoms with van der Waals surface area (Å²) in [5.74, 6) is 0.0166. The molecule has 15 heavy (non-hydrogen) atoms. The number of rotatable bonds is 1. The fraction of sp³-hybridized carbons (Fsp3) is 0.364. The molecule has 1 aromatic carbocycles. The number of carbonyl (C=O) groups is 1.